The minimum atomic E-state index is -0.323. The van der Waals surface area contributed by atoms with Crippen LogP contribution in [0.4, 0.5) is 0 Å². The summed E-state index contributed by atoms with van der Waals surface area (Å²) in [5.74, 6) is 0.466. The predicted octanol–water partition coefficient (Wildman–Crippen LogP) is 3.62. The lowest BCUT2D eigenvalue weighted by atomic mass is 9.86. The molecule has 1 aliphatic carbocycles. The number of aliphatic hydroxyl groups excluding tert-OH is 1. The molecule has 0 radical (unpaired) electrons. The van der Waals surface area contributed by atoms with E-state index in [0.717, 1.165) is 31.2 Å². The number of carbonyl (C=O) groups is 1. The van der Waals surface area contributed by atoms with E-state index in [4.69, 9.17) is 16.1 Å². The zero-order valence-corrected chi connectivity index (χ0v) is 14.4. The summed E-state index contributed by atoms with van der Waals surface area (Å²) >= 11 is 5.87. The highest BCUT2D eigenvalue weighted by atomic mass is 35.5. The van der Waals surface area contributed by atoms with Gasteiger partial charge in [0.05, 0.1) is 6.10 Å². The Morgan fingerprint density at radius 1 is 1.33 bits per heavy atom. The molecular formula is C18H21ClN2O3. The van der Waals surface area contributed by atoms with Crippen molar-refractivity contribution in [2.24, 2.45) is 5.92 Å². The lowest BCUT2D eigenvalue weighted by molar-refractivity contribution is 0.0447. The van der Waals surface area contributed by atoms with Crippen LogP contribution in [0.1, 0.15) is 36.2 Å². The van der Waals surface area contributed by atoms with Gasteiger partial charge in [-0.1, -0.05) is 29.6 Å². The van der Waals surface area contributed by atoms with Gasteiger partial charge in [0.1, 0.15) is 0 Å². The molecule has 3 rings (SSSR count). The van der Waals surface area contributed by atoms with E-state index in [-0.39, 0.29) is 23.6 Å². The molecule has 2 aromatic rings. The van der Waals surface area contributed by atoms with Crippen molar-refractivity contribution in [3.05, 3.63) is 41.0 Å². The molecule has 1 aromatic heterocycles. The Morgan fingerprint density at radius 2 is 2.04 bits per heavy atom. The second-order valence-electron chi connectivity index (χ2n) is 6.38. The zero-order chi connectivity index (χ0) is 17.1. The van der Waals surface area contributed by atoms with Crippen molar-refractivity contribution >= 4 is 17.5 Å². The summed E-state index contributed by atoms with van der Waals surface area (Å²) in [5, 5.41) is 14.6. The Hall–Kier alpha value is -1.85. The summed E-state index contributed by atoms with van der Waals surface area (Å²) in [6.07, 6.45) is 3.61. The lowest BCUT2D eigenvalue weighted by Gasteiger charge is -2.30. The molecule has 1 heterocycles. The van der Waals surface area contributed by atoms with Gasteiger partial charge in [0, 0.05) is 36.2 Å². The van der Waals surface area contributed by atoms with E-state index in [1.807, 2.05) is 12.1 Å². The molecule has 6 heteroatoms. The second kappa shape index (κ2) is 7.36. The highest BCUT2D eigenvalue weighted by Crippen LogP contribution is 2.26. The van der Waals surface area contributed by atoms with E-state index in [1.165, 1.54) is 0 Å². The Kier molecular flexibility index (Phi) is 5.21. The van der Waals surface area contributed by atoms with Gasteiger partial charge in [0.25, 0.3) is 5.91 Å². The Balaban J connectivity index is 1.67. The molecule has 2 atom stereocenters. The number of carbonyl (C=O) groups excluding carboxylic acids is 1. The number of hydrogen-bond acceptors (Lipinski definition) is 4. The van der Waals surface area contributed by atoms with E-state index in [9.17, 15) is 9.90 Å². The summed E-state index contributed by atoms with van der Waals surface area (Å²) < 4.78 is 5.28. The third-order valence-corrected chi connectivity index (χ3v) is 4.83. The number of hydrogen-bond donors (Lipinski definition) is 1. The summed E-state index contributed by atoms with van der Waals surface area (Å²) in [6, 6.07) is 8.80. The minimum absolute atomic E-state index is 0.135. The van der Waals surface area contributed by atoms with Crippen molar-refractivity contribution in [2.75, 3.05) is 13.6 Å². The number of aliphatic hydroxyl groups is 1. The average molecular weight is 349 g/mol. The maximum Gasteiger partial charge on any atom is 0.275 e. The fourth-order valence-electron chi connectivity index (χ4n) is 3.16. The number of aromatic nitrogens is 1. The molecule has 1 aromatic carbocycles. The molecule has 2 unspecified atom stereocenters. The summed E-state index contributed by atoms with van der Waals surface area (Å²) in [6.45, 7) is 0.531. The minimum Gasteiger partial charge on any atom is -0.393 e. The van der Waals surface area contributed by atoms with Gasteiger partial charge in [-0.15, -0.1) is 0 Å². The molecule has 5 nitrogen and oxygen atoms in total. The quantitative estimate of drug-likeness (QED) is 0.916. The van der Waals surface area contributed by atoms with Crippen LogP contribution in [0.3, 0.4) is 0 Å². The van der Waals surface area contributed by atoms with E-state index in [2.05, 4.69) is 5.16 Å². The van der Waals surface area contributed by atoms with Crippen LogP contribution < -0.4 is 0 Å². The van der Waals surface area contributed by atoms with Crippen molar-refractivity contribution in [1.29, 1.82) is 0 Å². The van der Waals surface area contributed by atoms with Crippen LogP contribution in [-0.2, 0) is 0 Å². The molecule has 128 valence electrons. The molecule has 0 bridgehead atoms. The predicted molar refractivity (Wildman–Crippen MR) is 91.9 cm³/mol. The van der Waals surface area contributed by atoms with Crippen LogP contribution in [-0.4, -0.2) is 40.8 Å². The molecule has 0 spiro atoms. The molecule has 1 aliphatic rings. The first-order chi connectivity index (χ1) is 11.5. The van der Waals surface area contributed by atoms with Crippen LogP contribution in [0, 0.1) is 5.92 Å². The largest absolute Gasteiger partial charge is 0.393 e. The molecular weight excluding hydrogens is 328 g/mol. The van der Waals surface area contributed by atoms with Gasteiger partial charge in [-0.05, 0) is 37.1 Å². The van der Waals surface area contributed by atoms with E-state index in [0.29, 0.717) is 17.3 Å². The van der Waals surface area contributed by atoms with Crippen LogP contribution in [0.15, 0.2) is 34.9 Å². The van der Waals surface area contributed by atoms with Gasteiger partial charge in [0.15, 0.2) is 11.5 Å². The molecule has 24 heavy (non-hydrogen) atoms. The van der Waals surface area contributed by atoms with Crippen molar-refractivity contribution in [2.45, 2.75) is 31.8 Å². The second-order valence-corrected chi connectivity index (χ2v) is 6.82. The third kappa shape index (κ3) is 3.79. The number of amides is 1. The number of rotatable bonds is 4. The monoisotopic (exact) mass is 348 g/mol. The van der Waals surface area contributed by atoms with Gasteiger partial charge in [0.2, 0.25) is 0 Å². The highest BCUT2D eigenvalue weighted by Gasteiger charge is 2.27. The fourth-order valence-corrected chi connectivity index (χ4v) is 3.28. The Bertz CT molecular complexity index is 699. The van der Waals surface area contributed by atoms with Crippen LogP contribution in [0.5, 0.6) is 0 Å². The first-order valence-electron chi connectivity index (χ1n) is 8.21. The number of benzene rings is 1. The molecule has 1 saturated carbocycles. The zero-order valence-electron chi connectivity index (χ0n) is 13.6. The molecule has 0 saturated heterocycles. The number of halogens is 1. The third-order valence-electron chi connectivity index (χ3n) is 4.58. The maximum absolute atomic E-state index is 12.5. The Labute approximate surface area is 146 Å². The van der Waals surface area contributed by atoms with E-state index < -0.39 is 0 Å². The first-order valence-corrected chi connectivity index (χ1v) is 8.58. The summed E-state index contributed by atoms with van der Waals surface area (Å²) in [5.41, 5.74) is 1.09. The summed E-state index contributed by atoms with van der Waals surface area (Å²) in [7, 11) is 1.74. The van der Waals surface area contributed by atoms with Gasteiger partial charge < -0.3 is 14.5 Å². The standard InChI is InChI=1S/C18H21ClN2O3/c1-21(11-13-4-2-3-5-16(13)22)18(23)15-10-17(24-20-15)12-6-8-14(19)9-7-12/h6-10,13,16,22H,2-5,11H2,1H3. The van der Waals surface area contributed by atoms with Crippen molar-refractivity contribution < 1.29 is 14.4 Å². The average Bonchev–Trinajstić information content (AvgIpc) is 3.07. The van der Waals surface area contributed by atoms with Crippen molar-refractivity contribution in [1.82, 2.24) is 10.1 Å². The molecule has 1 N–H and O–H groups in total. The molecule has 0 aliphatic heterocycles. The van der Waals surface area contributed by atoms with Crippen LogP contribution in [0.2, 0.25) is 5.02 Å². The van der Waals surface area contributed by atoms with Crippen molar-refractivity contribution in [3.63, 3.8) is 0 Å². The smallest absolute Gasteiger partial charge is 0.275 e. The van der Waals surface area contributed by atoms with Gasteiger partial charge in [-0.25, -0.2) is 0 Å². The Morgan fingerprint density at radius 3 is 2.75 bits per heavy atom. The number of nitrogens with zero attached hydrogens (tertiary/aromatic N) is 2. The topological polar surface area (TPSA) is 66.6 Å². The van der Waals surface area contributed by atoms with E-state index >= 15 is 0 Å². The molecule has 1 amide bonds. The maximum atomic E-state index is 12.5. The van der Waals surface area contributed by atoms with Gasteiger partial charge in [-0.2, -0.15) is 0 Å². The normalized spacial score (nSPS) is 20.8. The van der Waals surface area contributed by atoms with E-state index in [1.54, 1.807) is 30.1 Å². The van der Waals surface area contributed by atoms with Crippen LogP contribution >= 0.6 is 11.6 Å². The lowest BCUT2D eigenvalue weighted by Crippen LogP contribution is -2.38. The van der Waals surface area contributed by atoms with Crippen LogP contribution in [0.25, 0.3) is 11.3 Å². The molecule has 1 fully saturated rings. The van der Waals surface area contributed by atoms with Crippen molar-refractivity contribution in [3.8, 4) is 11.3 Å². The van der Waals surface area contributed by atoms with Gasteiger partial charge >= 0.3 is 0 Å². The summed E-state index contributed by atoms with van der Waals surface area (Å²) in [4.78, 5) is 14.1. The first kappa shape index (κ1) is 17.0. The van der Waals surface area contributed by atoms with Gasteiger partial charge in [-0.3, -0.25) is 4.79 Å². The fraction of sp³-hybridized carbons (Fsp3) is 0.444. The highest BCUT2D eigenvalue weighted by molar-refractivity contribution is 6.30. The SMILES string of the molecule is CN(CC1CCCCC1O)C(=O)c1cc(-c2ccc(Cl)cc2)on1.